The van der Waals surface area contributed by atoms with Crippen molar-refractivity contribution in [2.45, 2.75) is 38.1 Å². The fraction of sp³-hybridized carbons (Fsp3) is 0.289. The number of anilines is 1. The number of hydrogen-bond donors (Lipinski definition) is 2. The van der Waals surface area contributed by atoms with E-state index in [-0.39, 0.29) is 41.3 Å². The number of nitrogens with zero attached hydrogens (tertiary/aromatic N) is 2. The van der Waals surface area contributed by atoms with Crippen molar-refractivity contribution in [3.05, 3.63) is 119 Å². The number of esters is 3. The lowest BCUT2D eigenvalue weighted by Gasteiger charge is -2.29. The third-order valence-corrected chi connectivity index (χ3v) is 7.99. The number of ether oxygens (including phenoxy) is 3. The maximum absolute atomic E-state index is 13.6. The van der Waals surface area contributed by atoms with Crippen molar-refractivity contribution in [2.24, 2.45) is 0 Å². The molecule has 0 aliphatic rings. The maximum Gasteiger partial charge on any atom is 0.416 e. The molecule has 1 unspecified atom stereocenters. The van der Waals surface area contributed by atoms with Gasteiger partial charge in [0, 0.05) is 11.1 Å². The molecule has 0 aliphatic carbocycles. The van der Waals surface area contributed by atoms with Crippen molar-refractivity contribution in [3.8, 4) is 11.1 Å². The van der Waals surface area contributed by atoms with Crippen LogP contribution >= 0.6 is 0 Å². The van der Waals surface area contributed by atoms with E-state index in [1.807, 2.05) is 0 Å². The van der Waals surface area contributed by atoms with Gasteiger partial charge in [0.05, 0.1) is 42.8 Å². The number of amides is 1. The quantitative estimate of drug-likeness (QED) is 0.0718. The Kier molecular flexibility index (Phi) is 12.9. The molecule has 4 aromatic rings. The van der Waals surface area contributed by atoms with Crippen LogP contribution in [0, 0.1) is 0 Å². The molecule has 0 fully saturated rings. The van der Waals surface area contributed by atoms with Gasteiger partial charge >= 0.3 is 24.1 Å². The Balaban J connectivity index is 1.59. The van der Waals surface area contributed by atoms with Gasteiger partial charge in [-0.15, -0.1) is 0 Å². The zero-order valence-corrected chi connectivity index (χ0v) is 28.9. The number of hydrogen-bond acceptors (Lipinski definition) is 10. The fourth-order valence-corrected chi connectivity index (χ4v) is 5.31. The number of alkyl halides is 3. The molecule has 14 heteroatoms. The largest absolute Gasteiger partial charge is 0.465 e. The van der Waals surface area contributed by atoms with Crippen LogP contribution in [0.2, 0.25) is 0 Å². The van der Waals surface area contributed by atoms with Crippen molar-refractivity contribution >= 4 is 29.5 Å². The highest BCUT2D eigenvalue weighted by Gasteiger charge is 2.52. The molecule has 1 amide bonds. The third kappa shape index (κ3) is 9.00. The molecule has 4 rings (SSSR count). The average molecular weight is 722 g/mol. The van der Waals surface area contributed by atoms with Crippen LogP contribution in [0.5, 0.6) is 0 Å². The lowest BCUT2D eigenvalue weighted by molar-refractivity contribution is -0.170. The fourth-order valence-electron chi connectivity index (χ4n) is 5.31. The SMILES string of the molecule is CCOC(=O)C(COC(=O)Cc1cc(C(O)N(C)C)c(NC(=O)c2ccccc2-c2ccc(C(F)(F)F)cc2)cn1)(C(=O)OCC)c1ccccc1. The molecule has 0 bridgehead atoms. The number of benzene rings is 3. The van der Waals surface area contributed by atoms with Crippen LogP contribution < -0.4 is 5.32 Å². The molecular formula is C38H38F3N3O8. The zero-order valence-electron chi connectivity index (χ0n) is 28.9. The number of rotatable bonds is 14. The Morgan fingerprint density at radius 1 is 0.827 bits per heavy atom. The van der Waals surface area contributed by atoms with Crippen molar-refractivity contribution < 1.29 is 51.7 Å². The average Bonchev–Trinajstić information content (AvgIpc) is 3.12. The number of aliphatic hydroxyl groups excluding tert-OH is 1. The van der Waals surface area contributed by atoms with Crippen LogP contribution in [-0.2, 0) is 46.6 Å². The van der Waals surface area contributed by atoms with E-state index in [1.165, 1.54) is 47.5 Å². The molecule has 2 N–H and O–H groups in total. The van der Waals surface area contributed by atoms with Crippen molar-refractivity contribution in [1.29, 1.82) is 0 Å². The Hall–Kier alpha value is -5.60. The normalized spacial score (nSPS) is 12.2. The number of carbonyl (C=O) groups excluding carboxylic acids is 4. The molecule has 0 saturated heterocycles. The van der Waals surface area contributed by atoms with Crippen LogP contribution in [0.15, 0.2) is 91.1 Å². The van der Waals surface area contributed by atoms with Crippen molar-refractivity contribution in [1.82, 2.24) is 9.88 Å². The lowest BCUT2D eigenvalue weighted by Crippen LogP contribution is -2.50. The van der Waals surface area contributed by atoms with Gasteiger partial charge in [0.2, 0.25) is 5.41 Å². The third-order valence-electron chi connectivity index (χ3n) is 7.99. The first kappa shape index (κ1) is 39.2. The summed E-state index contributed by atoms with van der Waals surface area (Å²) in [5.41, 5.74) is -1.45. The molecule has 11 nitrogen and oxygen atoms in total. The van der Waals surface area contributed by atoms with E-state index in [2.05, 4.69) is 10.3 Å². The molecule has 0 spiro atoms. The molecule has 1 atom stereocenters. The molecule has 1 aromatic heterocycles. The number of aromatic nitrogens is 1. The second-order valence-corrected chi connectivity index (χ2v) is 11.7. The summed E-state index contributed by atoms with van der Waals surface area (Å²) in [6.45, 7) is 2.31. The Labute approximate surface area is 298 Å². The first-order valence-electron chi connectivity index (χ1n) is 16.2. The van der Waals surface area contributed by atoms with Gasteiger partial charge in [-0.25, -0.2) is 0 Å². The number of aliphatic hydroxyl groups is 1. The summed E-state index contributed by atoms with van der Waals surface area (Å²) in [6, 6.07) is 20.1. The zero-order chi connectivity index (χ0) is 38.1. The minimum atomic E-state index is -4.52. The van der Waals surface area contributed by atoms with Crippen LogP contribution in [0.3, 0.4) is 0 Å². The summed E-state index contributed by atoms with van der Waals surface area (Å²) in [6.07, 6.45) is -5.01. The predicted octanol–water partition coefficient (Wildman–Crippen LogP) is 5.72. The molecule has 3 aromatic carbocycles. The summed E-state index contributed by atoms with van der Waals surface area (Å²) in [5, 5.41) is 13.8. The van der Waals surface area contributed by atoms with Gasteiger partial charge in [-0.1, -0.05) is 60.7 Å². The molecule has 0 aliphatic heterocycles. The molecule has 274 valence electrons. The van der Waals surface area contributed by atoms with E-state index in [0.717, 1.165) is 12.1 Å². The van der Waals surface area contributed by atoms with Gasteiger partial charge in [0.25, 0.3) is 5.91 Å². The van der Waals surface area contributed by atoms with Crippen molar-refractivity contribution in [2.75, 3.05) is 39.2 Å². The van der Waals surface area contributed by atoms with Crippen LogP contribution in [0.1, 0.15) is 52.8 Å². The minimum absolute atomic E-state index is 0.0504. The van der Waals surface area contributed by atoms with Gasteiger partial charge in [0.1, 0.15) is 12.8 Å². The highest BCUT2D eigenvalue weighted by atomic mass is 19.4. The summed E-state index contributed by atoms with van der Waals surface area (Å²) in [4.78, 5) is 59.0. The van der Waals surface area contributed by atoms with Crippen molar-refractivity contribution in [3.63, 3.8) is 0 Å². The standard InChI is InChI=1S/C38H38F3N3O8/c1-5-50-35(48)37(36(49)51-6-2,25-12-8-7-9-13-25)23-52-32(45)21-27-20-30(34(47)44(3)4)31(22-42-27)43-33(46)29-15-11-10-14-28(29)24-16-18-26(19-17-24)38(39,40)41/h7-20,22,34,47H,5-6,21,23H2,1-4H3,(H,43,46). The van der Waals surface area contributed by atoms with Gasteiger partial charge in [-0.3, -0.25) is 29.1 Å². The summed E-state index contributed by atoms with van der Waals surface area (Å²) >= 11 is 0. The van der Waals surface area contributed by atoms with E-state index >= 15 is 0 Å². The number of halogens is 3. The predicted molar refractivity (Wildman–Crippen MR) is 184 cm³/mol. The highest BCUT2D eigenvalue weighted by Crippen LogP contribution is 2.33. The van der Waals surface area contributed by atoms with E-state index in [9.17, 15) is 37.5 Å². The number of carbonyl (C=O) groups is 4. The maximum atomic E-state index is 13.6. The minimum Gasteiger partial charge on any atom is -0.465 e. The number of nitrogens with one attached hydrogen (secondary N) is 1. The van der Waals surface area contributed by atoms with E-state index in [1.54, 1.807) is 64.3 Å². The molecule has 1 heterocycles. The molecule has 0 radical (unpaired) electrons. The Morgan fingerprint density at radius 3 is 2.00 bits per heavy atom. The van der Waals surface area contributed by atoms with Crippen LogP contribution in [-0.4, -0.2) is 72.7 Å². The van der Waals surface area contributed by atoms with Crippen LogP contribution in [0.25, 0.3) is 11.1 Å². The van der Waals surface area contributed by atoms with E-state index < -0.39 is 60.2 Å². The highest BCUT2D eigenvalue weighted by molar-refractivity contribution is 6.09. The topological polar surface area (TPSA) is 144 Å². The lowest BCUT2D eigenvalue weighted by atomic mass is 9.81. The number of pyridine rings is 1. The first-order valence-corrected chi connectivity index (χ1v) is 16.2. The van der Waals surface area contributed by atoms with Crippen LogP contribution in [0.4, 0.5) is 18.9 Å². The summed E-state index contributed by atoms with van der Waals surface area (Å²) in [7, 11) is 3.16. The molecular weight excluding hydrogens is 683 g/mol. The summed E-state index contributed by atoms with van der Waals surface area (Å²) in [5.74, 6) is -3.41. The Morgan fingerprint density at radius 2 is 1.42 bits per heavy atom. The molecule has 0 saturated carbocycles. The summed E-state index contributed by atoms with van der Waals surface area (Å²) < 4.78 is 55.3. The first-order chi connectivity index (χ1) is 24.7. The van der Waals surface area contributed by atoms with Gasteiger partial charge in [-0.2, -0.15) is 13.2 Å². The second-order valence-electron chi connectivity index (χ2n) is 11.7. The second kappa shape index (κ2) is 17.1. The van der Waals surface area contributed by atoms with Gasteiger partial charge in [-0.05, 0) is 68.9 Å². The van der Waals surface area contributed by atoms with E-state index in [0.29, 0.717) is 11.1 Å². The van der Waals surface area contributed by atoms with Gasteiger partial charge in [0.15, 0.2) is 0 Å². The van der Waals surface area contributed by atoms with Gasteiger partial charge < -0.3 is 24.6 Å². The molecule has 52 heavy (non-hydrogen) atoms. The smallest absolute Gasteiger partial charge is 0.416 e. The monoisotopic (exact) mass is 721 g/mol. The Bertz CT molecular complexity index is 1860. The van der Waals surface area contributed by atoms with E-state index in [4.69, 9.17) is 14.2 Å².